The van der Waals surface area contributed by atoms with E-state index in [0.717, 1.165) is 51.2 Å². The normalized spacial score (nSPS) is 20.3. The van der Waals surface area contributed by atoms with Crippen molar-refractivity contribution >= 4 is 5.96 Å². The molecule has 24 heavy (non-hydrogen) atoms. The summed E-state index contributed by atoms with van der Waals surface area (Å²) in [6.07, 6.45) is 7.80. The molecule has 140 valence electrons. The van der Waals surface area contributed by atoms with Crippen LogP contribution in [0.4, 0.5) is 0 Å². The average molecular weight is 339 g/mol. The highest BCUT2D eigenvalue weighted by Crippen LogP contribution is 2.44. The van der Waals surface area contributed by atoms with E-state index in [9.17, 15) is 0 Å². The van der Waals surface area contributed by atoms with Crippen LogP contribution in [0.1, 0.15) is 59.3 Å². The molecule has 0 aliphatic heterocycles. The average Bonchev–Trinajstić information content (AvgIpc) is 3.34. The molecular weight excluding hydrogens is 300 g/mol. The molecule has 0 atom stereocenters. The number of hydrogen-bond donors (Lipinski definition) is 2. The van der Waals surface area contributed by atoms with Crippen LogP contribution in [-0.4, -0.2) is 62.8 Å². The van der Waals surface area contributed by atoms with E-state index in [1.54, 1.807) is 7.11 Å². The van der Waals surface area contributed by atoms with Crippen molar-refractivity contribution in [1.29, 1.82) is 0 Å². The van der Waals surface area contributed by atoms with Gasteiger partial charge in [0.2, 0.25) is 0 Å². The summed E-state index contributed by atoms with van der Waals surface area (Å²) >= 11 is 0. The molecule has 2 N–H and O–H groups in total. The Balaban J connectivity index is 1.79. The van der Waals surface area contributed by atoms with Gasteiger partial charge >= 0.3 is 0 Å². The molecule has 0 aromatic heterocycles. The predicted molar refractivity (Wildman–Crippen MR) is 102 cm³/mol. The molecular formula is C19H38N4O. The second-order valence-corrected chi connectivity index (χ2v) is 7.78. The smallest absolute Gasteiger partial charge is 0.191 e. The lowest BCUT2D eigenvalue weighted by molar-refractivity contribution is 0.0778. The largest absolute Gasteiger partial charge is 0.385 e. The predicted octanol–water partition coefficient (Wildman–Crippen LogP) is 2.62. The number of guanidine groups is 1. The van der Waals surface area contributed by atoms with Crippen LogP contribution in [0.15, 0.2) is 4.99 Å². The van der Waals surface area contributed by atoms with E-state index >= 15 is 0 Å². The number of methoxy groups -OCH3 is 1. The fourth-order valence-corrected chi connectivity index (χ4v) is 3.64. The van der Waals surface area contributed by atoms with Crippen LogP contribution in [0.25, 0.3) is 0 Å². The highest BCUT2D eigenvalue weighted by Gasteiger charge is 2.36. The number of rotatable bonds is 11. The molecule has 0 saturated heterocycles. The Morgan fingerprint density at radius 3 is 2.54 bits per heavy atom. The van der Waals surface area contributed by atoms with Gasteiger partial charge in [-0.3, -0.25) is 9.89 Å². The standard InChI is InChI=1S/C19H38N4O/c1-5-20-18(21-12-13-23(16(2)3)17-7-8-17)22-15-19(9-6-10-19)11-14-24-4/h16-17H,5-15H2,1-4H3,(H2,20,21,22). The number of ether oxygens (including phenoxy) is 1. The maximum absolute atomic E-state index is 5.28. The van der Waals surface area contributed by atoms with E-state index in [1.807, 2.05) is 0 Å². The third-order valence-corrected chi connectivity index (χ3v) is 5.51. The molecule has 0 aromatic carbocycles. The maximum Gasteiger partial charge on any atom is 0.191 e. The fraction of sp³-hybridized carbons (Fsp3) is 0.947. The summed E-state index contributed by atoms with van der Waals surface area (Å²) in [5.74, 6) is 0.973. The van der Waals surface area contributed by atoms with E-state index in [1.165, 1.54) is 32.1 Å². The number of nitrogens with one attached hydrogen (secondary N) is 2. The van der Waals surface area contributed by atoms with Crippen LogP contribution in [-0.2, 0) is 4.74 Å². The molecule has 5 heteroatoms. The molecule has 2 fully saturated rings. The summed E-state index contributed by atoms with van der Waals surface area (Å²) in [6.45, 7) is 11.5. The lowest BCUT2D eigenvalue weighted by atomic mass is 9.67. The number of hydrogen-bond acceptors (Lipinski definition) is 3. The zero-order valence-corrected chi connectivity index (χ0v) is 16.2. The summed E-state index contributed by atoms with van der Waals surface area (Å²) in [6, 6.07) is 1.45. The van der Waals surface area contributed by atoms with Crippen molar-refractivity contribution in [2.24, 2.45) is 10.4 Å². The van der Waals surface area contributed by atoms with Gasteiger partial charge in [0.15, 0.2) is 5.96 Å². The summed E-state index contributed by atoms with van der Waals surface area (Å²) in [4.78, 5) is 7.50. The van der Waals surface area contributed by atoms with Gasteiger partial charge in [-0.05, 0) is 58.3 Å². The second-order valence-electron chi connectivity index (χ2n) is 7.78. The first-order valence-electron chi connectivity index (χ1n) is 9.87. The SMILES string of the molecule is CCNC(=NCC1(CCOC)CCC1)NCCN(C(C)C)C1CC1. The van der Waals surface area contributed by atoms with Crippen LogP contribution >= 0.6 is 0 Å². The topological polar surface area (TPSA) is 48.9 Å². The minimum absolute atomic E-state index is 0.385. The third-order valence-electron chi connectivity index (χ3n) is 5.51. The Morgan fingerprint density at radius 1 is 1.29 bits per heavy atom. The Labute approximate surface area is 148 Å². The van der Waals surface area contributed by atoms with Crippen LogP contribution < -0.4 is 10.6 Å². The van der Waals surface area contributed by atoms with E-state index in [0.29, 0.717) is 11.5 Å². The van der Waals surface area contributed by atoms with Gasteiger partial charge in [-0.2, -0.15) is 0 Å². The van der Waals surface area contributed by atoms with Crippen molar-refractivity contribution in [2.75, 3.05) is 39.9 Å². The zero-order chi connectivity index (χ0) is 17.4. The van der Waals surface area contributed by atoms with E-state index in [4.69, 9.17) is 9.73 Å². The van der Waals surface area contributed by atoms with Gasteiger partial charge in [0.25, 0.3) is 0 Å². The van der Waals surface area contributed by atoms with E-state index in [2.05, 4.69) is 36.3 Å². The van der Waals surface area contributed by atoms with Gasteiger partial charge in [0.1, 0.15) is 0 Å². The Hall–Kier alpha value is -0.810. The molecule has 2 aliphatic rings. The van der Waals surface area contributed by atoms with Crippen LogP contribution in [0.5, 0.6) is 0 Å². The van der Waals surface area contributed by atoms with Crippen molar-refractivity contribution < 1.29 is 4.74 Å². The van der Waals surface area contributed by atoms with Crippen molar-refractivity contribution in [3.8, 4) is 0 Å². The van der Waals surface area contributed by atoms with Crippen LogP contribution in [0.3, 0.4) is 0 Å². The molecule has 0 radical (unpaired) electrons. The van der Waals surface area contributed by atoms with Crippen molar-refractivity contribution in [3.05, 3.63) is 0 Å². The maximum atomic E-state index is 5.28. The van der Waals surface area contributed by atoms with Crippen molar-refractivity contribution in [1.82, 2.24) is 15.5 Å². The van der Waals surface area contributed by atoms with Crippen LogP contribution in [0, 0.1) is 5.41 Å². The molecule has 2 saturated carbocycles. The van der Waals surface area contributed by atoms with Crippen LogP contribution in [0.2, 0.25) is 0 Å². The molecule has 0 bridgehead atoms. The van der Waals surface area contributed by atoms with Gasteiger partial charge in [-0.25, -0.2) is 0 Å². The Bertz CT molecular complexity index is 387. The highest BCUT2D eigenvalue weighted by molar-refractivity contribution is 5.79. The Morgan fingerprint density at radius 2 is 2.04 bits per heavy atom. The quantitative estimate of drug-likeness (QED) is 0.449. The van der Waals surface area contributed by atoms with Gasteiger partial charge < -0.3 is 15.4 Å². The minimum atomic E-state index is 0.385. The summed E-state index contributed by atoms with van der Waals surface area (Å²) in [7, 11) is 1.79. The van der Waals surface area contributed by atoms with Gasteiger partial charge in [0.05, 0.1) is 0 Å². The molecule has 2 aliphatic carbocycles. The first-order valence-corrected chi connectivity index (χ1v) is 9.87. The highest BCUT2D eigenvalue weighted by atomic mass is 16.5. The van der Waals surface area contributed by atoms with E-state index in [-0.39, 0.29) is 0 Å². The van der Waals surface area contributed by atoms with Gasteiger partial charge in [-0.15, -0.1) is 0 Å². The lowest BCUT2D eigenvalue weighted by Crippen LogP contribution is -2.44. The van der Waals surface area contributed by atoms with Crippen molar-refractivity contribution in [3.63, 3.8) is 0 Å². The second kappa shape index (κ2) is 9.62. The first kappa shape index (κ1) is 19.5. The fourth-order valence-electron chi connectivity index (χ4n) is 3.64. The van der Waals surface area contributed by atoms with Crippen molar-refractivity contribution in [2.45, 2.75) is 71.4 Å². The first-order chi connectivity index (χ1) is 11.6. The molecule has 0 spiro atoms. The molecule has 0 heterocycles. The molecule has 0 aromatic rings. The molecule has 0 amide bonds. The zero-order valence-electron chi connectivity index (χ0n) is 16.2. The summed E-state index contributed by atoms with van der Waals surface area (Å²) in [5, 5.41) is 6.93. The van der Waals surface area contributed by atoms with Gasteiger partial charge in [-0.1, -0.05) is 6.42 Å². The monoisotopic (exact) mass is 338 g/mol. The molecule has 5 nitrogen and oxygen atoms in total. The number of nitrogens with zero attached hydrogens (tertiary/aromatic N) is 2. The third kappa shape index (κ3) is 5.92. The summed E-state index contributed by atoms with van der Waals surface area (Å²) in [5.41, 5.74) is 0.385. The Kier molecular flexibility index (Phi) is 7.82. The summed E-state index contributed by atoms with van der Waals surface area (Å²) < 4.78 is 5.28. The van der Waals surface area contributed by atoms with Gasteiger partial charge in [0, 0.05) is 52.0 Å². The minimum Gasteiger partial charge on any atom is -0.385 e. The molecule has 0 unspecified atom stereocenters. The lowest BCUT2D eigenvalue weighted by Gasteiger charge is -2.40. The number of aliphatic imine (C=N–C) groups is 1. The van der Waals surface area contributed by atoms with E-state index < -0.39 is 0 Å². The molecule has 2 rings (SSSR count).